The van der Waals surface area contributed by atoms with Gasteiger partial charge in [0.05, 0.1) is 0 Å². The maximum absolute atomic E-state index is 11.5. The minimum Gasteiger partial charge on any atom is -0.337 e. The molecule has 1 aromatic heterocycles. The number of hydrogen-bond acceptors (Lipinski definition) is 3. The standard InChI is InChI=1S/C10H12BrN3O/c11-9-2-1-7(4-13-9)5-14-6-8(12)3-10(14)15/h1-2,4,8H,3,5-6,12H2. The molecule has 0 bridgehead atoms. The smallest absolute Gasteiger partial charge is 0.224 e. The fourth-order valence-electron chi connectivity index (χ4n) is 1.68. The van der Waals surface area contributed by atoms with Gasteiger partial charge in [-0.3, -0.25) is 4.79 Å². The summed E-state index contributed by atoms with van der Waals surface area (Å²) in [5, 5.41) is 0. The van der Waals surface area contributed by atoms with E-state index in [1.807, 2.05) is 12.1 Å². The van der Waals surface area contributed by atoms with Crippen LogP contribution < -0.4 is 5.73 Å². The third-order valence-corrected chi connectivity index (χ3v) is 2.88. The number of hydrogen-bond donors (Lipinski definition) is 1. The fourth-order valence-corrected chi connectivity index (χ4v) is 1.91. The van der Waals surface area contributed by atoms with E-state index in [9.17, 15) is 4.79 Å². The Morgan fingerprint density at radius 2 is 2.40 bits per heavy atom. The molecular formula is C10H12BrN3O. The van der Waals surface area contributed by atoms with E-state index in [0.29, 0.717) is 19.5 Å². The molecule has 0 radical (unpaired) electrons. The quantitative estimate of drug-likeness (QED) is 0.812. The Balaban J connectivity index is 2.03. The zero-order valence-electron chi connectivity index (χ0n) is 8.19. The molecular weight excluding hydrogens is 258 g/mol. The number of pyridine rings is 1. The first kappa shape index (κ1) is 10.6. The average Bonchev–Trinajstić information content (AvgIpc) is 2.49. The van der Waals surface area contributed by atoms with E-state index in [-0.39, 0.29) is 11.9 Å². The highest BCUT2D eigenvalue weighted by molar-refractivity contribution is 9.10. The number of nitrogens with two attached hydrogens (primary N) is 1. The van der Waals surface area contributed by atoms with Crippen LogP contribution in [0.3, 0.4) is 0 Å². The number of amides is 1. The van der Waals surface area contributed by atoms with Crippen molar-refractivity contribution in [2.24, 2.45) is 5.73 Å². The summed E-state index contributed by atoms with van der Waals surface area (Å²) in [6.45, 7) is 1.25. The van der Waals surface area contributed by atoms with Gasteiger partial charge in [-0.2, -0.15) is 0 Å². The lowest BCUT2D eigenvalue weighted by Crippen LogP contribution is -2.27. The van der Waals surface area contributed by atoms with Gasteiger partial charge in [0.15, 0.2) is 0 Å². The molecule has 2 rings (SSSR count). The topological polar surface area (TPSA) is 59.2 Å². The van der Waals surface area contributed by atoms with Gasteiger partial charge in [-0.1, -0.05) is 6.07 Å². The summed E-state index contributed by atoms with van der Waals surface area (Å²) in [4.78, 5) is 17.4. The Morgan fingerprint density at radius 3 is 2.93 bits per heavy atom. The molecule has 1 aliphatic heterocycles. The molecule has 1 amide bonds. The predicted octanol–water partition coefficient (Wildman–Crippen LogP) is 0.904. The van der Waals surface area contributed by atoms with Gasteiger partial charge in [0.1, 0.15) is 4.60 Å². The van der Waals surface area contributed by atoms with E-state index in [2.05, 4.69) is 20.9 Å². The van der Waals surface area contributed by atoms with Crippen LogP contribution in [0.2, 0.25) is 0 Å². The molecule has 1 fully saturated rings. The van der Waals surface area contributed by atoms with Crippen molar-refractivity contribution >= 4 is 21.8 Å². The second-order valence-corrected chi connectivity index (χ2v) is 4.54. The second-order valence-electron chi connectivity index (χ2n) is 3.73. The van der Waals surface area contributed by atoms with Crippen LogP contribution >= 0.6 is 15.9 Å². The van der Waals surface area contributed by atoms with Gasteiger partial charge in [0.25, 0.3) is 0 Å². The molecule has 2 heterocycles. The van der Waals surface area contributed by atoms with E-state index in [1.165, 1.54) is 0 Å². The molecule has 1 unspecified atom stereocenters. The summed E-state index contributed by atoms with van der Waals surface area (Å²) in [6.07, 6.45) is 2.23. The van der Waals surface area contributed by atoms with Gasteiger partial charge in [0.2, 0.25) is 5.91 Å². The number of likely N-dealkylation sites (tertiary alicyclic amines) is 1. The summed E-state index contributed by atoms with van der Waals surface area (Å²) in [6, 6.07) is 3.81. The van der Waals surface area contributed by atoms with E-state index >= 15 is 0 Å². The van der Waals surface area contributed by atoms with Crippen LogP contribution in [0.15, 0.2) is 22.9 Å². The van der Waals surface area contributed by atoms with Crippen LogP contribution in [0.1, 0.15) is 12.0 Å². The van der Waals surface area contributed by atoms with Crippen molar-refractivity contribution in [3.63, 3.8) is 0 Å². The number of aromatic nitrogens is 1. The Morgan fingerprint density at radius 1 is 1.60 bits per heavy atom. The molecule has 0 aromatic carbocycles. The Hall–Kier alpha value is -0.940. The summed E-state index contributed by atoms with van der Waals surface area (Å²) in [5.41, 5.74) is 6.74. The Bertz CT molecular complexity index is 365. The first-order valence-corrected chi connectivity index (χ1v) is 5.58. The molecule has 5 heteroatoms. The zero-order chi connectivity index (χ0) is 10.8. The average molecular weight is 270 g/mol. The molecule has 0 saturated carbocycles. The van der Waals surface area contributed by atoms with Crippen LogP contribution in [0, 0.1) is 0 Å². The Kier molecular flexibility index (Phi) is 3.02. The maximum Gasteiger partial charge on any atom is 0.224 e. The van der Waals surface area contributed by atoms with Gasteiger partial charge in [-0.15, -0.1) is 0 Å². The van der Waals surface area contributed by atoms with Crippen LogP contribution in [-0.4, -0.2) is 28.4 Å². The third kappa shape index (κ3) is 2.54. The largest absolute Gasteiger partial charge is 0.337 e. The molecule has 2 N–H and O–H groups in total. The Labute approximate surface area is 96.6 Å². The molecule has 1 aromatic rings. The first-order chi connectivity index (χ1) is 7.15. The monoisotopic (exact) mass is 269 g/mol. The van der Waals surface area contributed by atoms with Crippen molar-refractivity contribution in [1.82, 2.24) is 9.88 Å². The second kappa shape index (κ2) is 4.28. The zero-order valence-corrected chi connectivity index (χ0v) is 9.77. The highest BCUT2D eigenvalue weighted by Gasteiger charge is 2.26. The van der Waals surface area contributed by atoms with Crippen molar-refractivity contribution < 1.29 is 4.79 Å². The van der Waals surface area contributed by atoms with Crippen LogP contribution in [0.4, 0.5) is 0 Å². The lowest BCUT2D eigenvalue weighted by molar-refractivity contribution is -0.128. The summed E-state index contributed by atoms with van der Waals surface area (Å²) < 4.78 is 0.802. The summed E-state index contributed by atoms with van der Waals surface area (Å²) in [5.74, 6) is 0.130. The summed E-state index contributed by atoms with van der Waals surface area (Å²) >= 11 is 3.27. The van der Waals surface area contributed by atoms with Crippen LogP contribution in [-0.2, 0) is 11.3 Å². The summed E-state index contributed by atoms with van der Waals surface area (Å²) in [7, 11) is 0. The molecule has 80 valence electrons. The lowest BCUT2D eigenvalue weighted by atomic mass is 10.3. The van der Waals surface area contributed by atoms with Crippen molar-refractivity contribution in [3.8, 4) is 0 Å². The van der Waals surface area contributed by atoms with Gasteiger partial charge in [-0.25, -0.2) is 4.98 Å². The maximum atomic E-state index is 11.5. The molecule has 1 saturated heterocycles. The first-order valence-electron chi connectivity index (χ1n) is 4.79. The van der Waals surface area contributed by atoms with Crippen molar-refractivity contribution in [1.29, 1.82) is 0 Å². The number of halogens is 1. The number of nitrogens with zero attached hydrogens (tertiary/aromatic N) is 2. The van der Waals surface area contributed by atoms with Gasteiger partial charge in [-0.05, 0) is 27.6 Å². The molecule has 15 heavy (non-hydrogen) atoms. The highest BCUT2D eigenvalue weighted by Crippen LogP contribution is 2.14. The number of carbonyl (C=O) groups is 1. The minimum absolute atomic E-state index is 0.0130. The van der Waals surface area contributed by atoms with Crippen molar-refractivity contribution in [3.05, 3.63) is 28.5 Å². The highest BCUT2D eigenvalue weighted by atomic mass is 79.9. The normalized spacial score (nSPS) is 21.1. The molecule has 0 spiro atoms. The number of rotatable bonds is 2. The van der Waals surface area contributed by atoms with E-state index in [0.717, 1.165) is 10.2 Å². The van der Waals surface area contributed by atoms with Gasteiger partial charge >= 0.3 is 0 Å². The SMILES string of the molecule is NC1CC(=O)N(Cc2ccc(Br)nc2)C1. The molecule has 1 aliphatic rings. The minimum atomic E-state index is -0.0130. The molecule has 0 aliphatic carbocycles. The van der Waals surface area contributed by atoms with Gasteiger partial charge in [0, 0.05) is 31.7 Å². The number of carbonyl (C=O) groups excluding carboxylic acids is 1. The van der Waals surface area contributed by atoms with Crippen LogP contribution in [0.25, 0.3) is 0 Å². The fraction of sp³-hybridized carbons (Fsp3) is 0.400. The van der Waals surface area contributed by atoms with E-state index in [1.54, 1.807) is 11.1 Å². The van der Waals surface area contributed by atoms with E-state index in [4.69, 9.17) is 5.73 Å². The van der Waals surface area contributed by atoms with Crippen molar-refractivity contribution in [2.75, 3.05) is 6.54 Å². The van der Waals surface area contributed by atoms with E-state index < -0.39 is 0 Å². The van der Waals surface area contributed by atoms with Crippen LogP contribution in [0.5, 0.6) is 0 Å². The molecule has 1 atom stereocenters. The lowest BCUT2D eigenvalue weighted by Gasteiger charge is -2.15. The predicted molar refractivity (Wildman–Crippen MR) is 59.9 cm³/mol. The van der Waals surface area contributed by atoms with Gasteiger partial charge < -0.3 is 10.6 Å². The third-order valence-electron chi connectivity index (χ3n) is 2.41. The molecule has 4 nitrogen and oxygen atoms in total. The van der Waals surface area contributed by atoms with Crippen molar-refractivity contribution in [2.45, 2.75) is 19.0 Å².